The lowest BCUT2D eigenvalue weighted by atomic mass is 10.1. The van der Waals surface area contributed by atoms with Crippen molar-refractivity contribution in [3.63, 3.8) is 0 Å². The number of aryl methyl sites for hydroxylation is 1. The molecule has 6 heteroatoms. The molecule has 0 bridgehead atoms. The molecule has 1 aliphatic rings. The fourth-order valence-corrected chi connectivity index (χ4v) is 3.11. The molecule has 128 valence electrons. The van der Waals surface area contributed by atoms with Crippen molar-refractivity contribution in [2.45, 2.75) is 0 Å². The third kappa shape index (κ3) is 2.48. The van der Waals surface area contributed by atoms with Crippen molar-refractivity contribution >= 4 is 40.5 Å². The molecule has 2 heterocycles. The first-order valence-corrected chi connectivity index (χ1v) is 8.07. The molecule has 26 heavy (non-hydrogen) atoms. The second-order valence-electron chi connectivity index (χ2n) is 6.01. The molecule has 0 spiro atoms. The van der Waals surface area contributed by atoms with Gasteiger partial charge < -0.3 is 4.57 Å². The van der Waals surface area contributed by atoms with E-state index in [9.17, 15) is 14.4 Å². The van der Waals surface area contributed by atoms with Crippen molar-refractivity contribution < 1.29 is 14.4 Å². The minimum absolute atomic E-state index is 0.0789. The zero-order chi connectivity index (χ0) is 18.3. The maximum absolute atomic E-state index is 12.9. The quantitative estimate of drug-likeness (QED) is 0.573. The minimum atomic E-state index is -0.749. The highest BCUT2D eigenvalue weighted by atomic mass is 16.2. The van der Waals surface area contributed by atoms with Crippen LogP contribution in [-0.2, 0) is 16.6 Å². The predicted octanol–water partition coefficient (Wildman–Crippen LogP) is 2.84. The van der Waals surface area contributed by atoms with Gasteiger partial charge in [0.2, 0.25) is 0 Å². The number of urea groups is 1. The van der Waals surface area contributed by atoms with Crippen LogP contribution in [0.15, 0.2) is 66.4 Å². The van der Waals surface area contributed by atoms with Crippen molar-refractivity contribution in [2.75, 3.05) is 4.90 Å². The molecular weight excluding hydrogens is 330 g/mol. The number of nitrogens with zero attached hydrogens (tertiary/aromatic N) is 2. The van der Waals surface area contributed by atoms with Gasteiger partial charge in [-0.05, 0) is 24.3 Å². The SMILES string of the molecule is Cn1cc(/C=C2/C(=O)NC(=O)N(c3ccccc3)C2=O)c2ccccc21. The van der Waals surface area contributed by atoms with E-state index < -0.39 is 17.8 Å². The molecule has 0 aliphatic carbocycles. The molecular formula is C20H15N3O3. The number of hydrogen-bond acceptors (Lipinski definition) is 3. The second-order valence-corrected chi connectivity index (χ2v) is 6.01. The van der Waals surface area contributed by atoms with E-state index in [0.29, 0.717) is 5.69 Å². The summed E-state index contributed by atoms with van der Waals surface area (Å²) in [6, 6.07) is 15.5. The van der Waals surface area contributed by atoms with Crippen LogP contribution in [0.2, 0.25) is 0 Å². The van der Waals surface area contributed by atoms with Gasteiger partial charge in [0, 0.05) is 29.7 Å². The van der Waals surface area contributed by atoms with Crippen LogP contribution in [0.4, 0.5) is 10.5 Å². The van der Waals surface area contributed by atoms with E-state index in [1.807, 2.05) is 42.1 Å². The first-order chi connectivity index (χ1) is 12.6. The molecule has 1 aromatic heterocycles. The summed E-state index contributed by atoms with van der Waals surface area (Å²) in [4.78, 5) is 38.3. The average Bonchev–Trinajstić information content (AvgIpc) is 2.96. The Kier molecular flexibility index (Phi) is 3.65. The number of carbonyl (C=O) groups is 3. The van der Waals surface area contributed by atoms with Crippen LogP contribution in [0, 0.1) is 0 Å². The van der Waals surface area contributed by atoms with Gasteiger partial charge in [0.1, 0.15) is 5.57 Å². The van der Waals surface area contributed by atoms with Crippen LogP contribution < -0.4 is 10.2 Å². The standard InChI is InChI=1S/C20H15N3O3/c1-22-12-13(15-9-5-6-10-17(15)22)11-16-18(24)21-20(26)23(19(16)25)14-7-3-2-4-8-14/h2-12H,1H3,(H,21,24,26)/b16-11-. The molecule has 0 radical (unpaired) electrons. The molecule has 6 nitrogen and oxygen atoms in total. The lowest BCUT2D eigenvalue weighted by molar-refractivity contribution is -0.122. The highest BCUT2D eigenvalue weighted by molar-refractivity contribution is 6.39. The van der Waals surface area contributed by atoms with E-state index in [-0.39, 0.29) is 5.57 Å². The van der Waals surface area contributed by atoms with Gasteiger partial charge in [0.15, 0.2) is 0 Å². The Hall–Kier alpha value is -3.67. The average molecular weight is 345 g/mol. The van der Waals surface area contributed by atoms with Gasteiger partial charge in [-0.15, -0.1) is 0 Å². The normalized spacial score (nSPS) is 16.4. The zero-order valence-electron chi connectivity index (χ0n) is 14.0. The third-order valence-corrected chi connectivity index (χ3v) is 4.34. The molecule has 1 aliphatic heterocycles. The number of benzene rings is 2. The molecule has 4 amide bonds. The highest BCUT2D eigenvalue weighted by Gasteiger charge is 2.36. The van der Waals surface area contributed by atoms with E-state index in [2.05, 4.69) is 5.32 Å². The van der Waals surface area contributed by atoms with Crippen LogP contribution >= 0.6 is 0 Å². The van der Waals surface area contributed by atoms with Crippen LogP contribution in [-0.4, -0.2) is 22.4 Å². The van der Waals surface area contributed by atoms with Crippen LogP contribution in [0.5, 0.6) is 0 Å². The first-order valence-electron chi connectivity index (χ1n) is 8.07. The van der Waals surface area contributed by atoms with Crippen LogP contribution in [0.25, 0.3) is 17.0 Å². The number of amides is 4. The molecule has 2 aromatic carbocycles. The Morgan fingerprint density at radius 2 is 1.62 bits per heavy atom. The maximum atomic E-state index is 12.9. The lowest BCUT2D eigenvalue weighted by Gasteiger charge is -2.26. The largest absolute Gasteiger partial charge is 0.350 e. The van der Waals surface area contributed by atoms with Crippen molar-refractivity contribution in [1.82, 2.24) is 9.88 Å². The topological polar surface area (TPSA) is 71.4 Å². The van der Waals surface area contributed by atoms with Gasteiger partial charge in [-0.2, -0.15) is 0 Å². The van der Waals surface area contributed by atoms with E-state index in [1.165, 1.54) is 6.08 Å². The van der Waals surface area contributed by atoms with E-state index in [0.717, 1.165) is 21.4 Å². The molecule has 0 atom stereocenters. The minimum Gasteiger partial charge on any atom is -0.350 e. The van der Waals surface area contributed by atoms with E-state index in [4.69, 9.17) is 0 Å². The Labute approximate surface area is 149 Å². The number of nitrogens with one attached hydrogen (secondary N) is 1. The van der Waals surface area contributed by atoms with Crippen LogP contribution in [0.1, 0.15) is 5.56 Å². The smallest absolute Gasteiger partial charge is 0.335 e. The molecule has 1 saturated heterocycles. The van der Waals surface area contributed by atoms with E-state index in [1.54, 1.807) is 30.3 Å². The Bertz CT molecular complexity index is 1080. The number of imide groups is 2. The summed E-state index contributed by atoms with van der Waals surface area (Å²) < 4.78 is 1.92. The number of anilines is 1. The summed E-state index contributed by atoms with van der Waals surface area (Å²) in [7, 11) is 1.90. The third-order valence-electron chi connectivity index (χ3n) is 4.34. The fourth-order valence-electron chi connectivity index (χ4n) is 3.11. The van der Waals surface area contributed by atoms with Crippen molar-refractivity contribution in [1.29, 1.82) is 0 Å². The number of rotatable bonds is 2. The highest BCUT2D eigenvalue weighted by Crippen LogP contribution is 2.25. The van der Waals surface area contributed by atoms with Crippen molar-refractivity contribution in [3.8, 4) is 0 Å². The Morgan fingerprint density at radius 1 is 0.923 bits per heavy atom. The van der Waals surface area contributed by atoms with Gasteiger partial charge >= 0.3 is 6.03 Å². The summed E-state index contributed by atoms with van der Waals surface area (Å²) in [6.45, 7) is 0. The summed E-state index contributed by atoms with van der Waals surface area (Å²) in [5, 5.41) is 3.16. The summed E-state index contributed by atoms with van der Waals surface area (Å²) in [6.07, 6.45) is 3.38. The second kappa shape index (κ2) is 6.00. The number of barbiturate groups is 1. The molecule has 0 unspecified atom stereocenters. The van der Waals surface area contributed by atoms with Gasteiger partial charge in [-0.3, -0.25) is 14.9 Å². The number of fused-ring (bicyclic) bond motifs is 1. The van der Waals surface area contributed by atoms with Gasteiger partial charge in [0.05, 0.1) is 5.69 Å². The summed E-state index contributed by atoms with van der Waals surface area (Å²) >= 11 is 0. The van der Waals surface area contributed by atoms with E-state index >= 15 is 0 Å². The van der Waals surface area contributed by atoms with Crippen molar-refractivity contribution in [3.05, 3.63) is 71.9 Å². The van der Waals surface area contributed by atoms with Crippen molar-refractivity contribution in [2.24, 2.45) is 7.05 Å². The monoisotopic (exact) mass is 345 g/mol. The summed E-state index contributed by atoms with van der Waals surface area (Å²) in [5.41, 5.74) is 2.05. The first kappa shape index (κ1) is 15.8. The zero-order valence-corrected chi connectivity index (χ0v) is 14.0. The van der Waals surface area contributed by atoms with Gasteiger partial charge in [-0.25, -0.2) is 9.69 Å². The summed E-state index contributed by atoms with van der Waals surface area (Å²) in [5.74, 6) is -1.34. The number of carbonyl (C=O) groups excluding carboxylic acids is 3. The predicted molar refractivity (Wildman–Crippen MR) is 98.4 cm³/mol. The number of hydrogen-bond donors (Lipinski definition) is 1. The molecule has 1 N–H and O–H groups in total. The Morgan fingerprint density at radius 3 is 2.38 bits per heavy atom. The molecule has 3 aromatic rings. The fraction of sp³-hybridized carbons (Fsp3) is 0.0500. The number of para-hydroxylation sites is 2. The van der Waals surface area contributed by atoms with Crippen LogP contribution in [0.3, 0.4) is 0 Å². The molecule has 0 saturated carbocycles. The van der Waals surface area contributed by atoms with Gasteiger partial charge in [0.25, 0.3) is 11.8 Å². The lowest BCUT2D eigenvalue weighted by Crippen LogP contribution is -2.54. The molecule has 4 rings (SSSR count). The maximum Gasteiger partial charge on any atom is 0.335 e. The number of aromatic nitrogens is 1. The Balaban J connectivity index is 1.82. The molecule has 1 fully saturated rings. The van der Waals surface area contributed by atoms with Gasteiger partial charge in [-0.1, -0.05) is 36.4 Å².